The molecule has 6 nitrogen and oxygen atoms in total. The number of benzene rings is 2. The summed E-state index contributed by atoms with van der Waals surface area (Å²) in [5, 5.41) is 10.6. The number of H-pyrrole nitrogens is 1. The number of anilines is 1. The maximum absolute atomic E-state index is 13.2. The van der Waals surface area contributed by atoms with Crippen LogP contribution >= 0.6 is 0 Å². The van der Waals surface area contributed by atoms with E-state index in [0.717, 1.165) is 54.3 Å². The molecule has 162 valence electrons. The molecule has 1 aliphatic heterocycles. The normalized spacial score (nSPS) is 16.2. The first-order chi connectivity index (χ1) is 15.1. The van der Waals surface area contributed by atoms with Crippen molar-refractivity contribution in [2.45, 2.75) is 31.7 Å². The van der Waals surface area contributed by atoms with Crippen LogP contribution in [0.3, 0.4) is 0 Å². The molecule has 31 heavy (non-hydrogen) atoms. The van der Waals surface area contributed by atoms with Crippen LogP contribution in [-0.4, -0.2) is 42.3 Å². The van der Waals surface area contributed by atoms with Gasteiger partial charge in [-0.05, 0) is 66.8 Å². The Morgan fingerprint density at radius 1 is 1.26 bits per heavy atom. The van der Waals surface area contributed by atoms with Crippen LogP contribution in [0.5, 0.6) is 5.75 Å². The summed E-state index contributed by atoms with van der Waals surface area (Å²) in [5.74, 6) is 1.45. The first-order valence-electron chi connectivity index (χ1n) is 10.6. The molecular weight excluding hydrogens is 395 g/mol. The number of piperidine rings is 1. The van der Waals surface area contributed by atoms with E-state index in [9.17, 15) is 9.18 Å². The smallest absolute Gasteiger partial charge is 0.220 e. The van der Waals surface area contributed by atoms with Gasteiger partial charge in [0.05, 0.1) is 12.8 Å². The number of hydrogen-bond acceptors (Lipinski definition) is 4. The number of aromatic nitrogens is 2. The molecule has 2 heterocycles. The number of carbonyl (C=O) groups is 1. The first kappa shape index (κ1) is 20.9. The van der Waals surface area contributed by atoms with E-state index in [1.165, 1.54) is 12.1 Å². The van der Waals surface area contributed by atoms with Crippen LogP contribution < -0.4 is 15.0 Å². The third kappa shape index (κ3) is 5.42. The Bertz CT molecular complexity index is 1020. The van der Waals surface area contributed by atoms with E-state index in [1.54, 1.807) is 19.2 Å². The fourth-order valence-corrected chi connectivity index (χ4v) is 3.94. The number of nitrogens with one attached hydrogen (secondary N) is 2. The first-order valence-corrected chi connectivity index (χ1v) is 10.6. The van der Waals surface area contributed by atoms with Crippen molar-refractivity contribution in [2.24, 2.45) is 0 Å². The van der Waals surface area contributed by atoms with Crippen molar-refractivity contribution in [1.29, 1.82) is 0 Å². The van der Waals surface area contributed by atoms with Crippen molar-refractivity contribution in [1.82, 2.24) is 15.5 Å². The van der Waals surface area contributed by atoms with Crippen molar-refractivity contribution in [3.63, 3.8) is 0 Å². The van der Waals surface area contributed by atoms with E-state index in [0.29, 0.717) is 12.8 Å². The number of aryl methyl sites for hydroxylation is 1. The zero-order valence-electron chi connectivity index (χ0n) is 17.6. The molecule has 1 atom stereocenters. The van der Waals surface area contributed by atoms with E-state index in [4.69, 9.17) is 4.74 Å². The highest BCUT2D eigenvalue weighted by Gasteiger charge is 2.23. The number of hydrogen-bond donors (Lipinski definition) is 2. The lowest BCUT2D eigenvalue weighted by Crippen LogP contribution is -2.48. The quantitative estimate of drug-likeness (QED) is 0.605. The minimum atomic E-state index is -0.260. The van der Waals surface area contributed by atoms with Gasteiger partial charge in [-0.25, -0.2) is 4.39 Å². The molecule has 0 aliphatic carbocycles. The number of aromatic amines is 1. The summed E-state index contributed by atoms with van der Waals surface area (Å²) in [6.45, 7) is 1.61. The second-order valence-corrected chi connectivity index (χ2v) is 7.85. The minimum absolute atomic E-state index is 0.0590. The Morgan fingerprint density at radius 2 is 2.10 bits per heavy atom. The van der Waals surface area contributed by atoms with E-state index in [1.807, 2.05) is 30.3 Å². The molecule has 1 aromatic heterocycles. The summed E-state index contributed by atoms with van der Waals surface area (Å²) >= 11 is 0. The topological polar surface area (TPSA) is 70.2 Å². The lowest BCUT2D eigenvalue weighted by Gasteiger charge is -2.33. The summed E-state index contributed by atoms with van der Waals surface area (Å²) in [7, 11) is 1.64. The zero-order chi connectivity index (χ0) is 21.6. The molecular formula is C24H27FN4O2. The molecule has 1 amide bonds. The highest BCUT2D eigenvalue weighted by atomic mass is 19.1. The van der Waals surface area contributed by atoms with Gasteiger partial charge in [-0.15, -0.1) is 0 Å². The molecule has 2 N–H and O–H groups in total. The Labute approximate surface area is 181 Å². The minimum Gasteiger partial charge on any atom is -0.497 e. The SMILES string of the molecule is COc1cccc(CCC(=O)NC2CCCN(c3cc(-c4ccc(F)cc4)[nH]n3)C2)c1. The van der Waals surface area contributed by atoms with Crippen molar-refractivity contribution in [3.8, 4) is 17.0 Å². The highest BCUT2D eigenvalue weighted by Crippen LogP contribution is 2.24. The number of nitrogens with zero attached hydrogens (tertiary/aromatic N) is 2. The lowest BCUT2D eigenvalue weighted by molar-refractivity contribution is -0.121. The third-order valence-electron chi connectivity index (χ3n) is 5.60. The Hall–Kier alpha value is -3.35. The zero-order valence-corrected chi connectivity index (χ0v) is 17.6. The second-order valence-electron chi connectivity index (χ2n) is 7.85. The van der Waals surface area contributed by atoms with Gasteiger partial charge in [0.25, 0.3) is 0 Å². The van der Waals surface area contributed by atoms with Crippen molar-refractivity contribution < 1.29 is 13.9 Å². The number of carbonyl (C=O) groups excluding carboxylic acids is 1. The summed E-state index contributed by atoms with van der Waals surface area (Å²) in [6, 6.07) is 16.2. The predicted octanol–water partition coefficient (Wildman–Crippen LogP) is 3.94. The molecule has 2 aromatic carbocycles. The maximum atomic E-state index is 13.2. The number of rotatable bonds is 7. The van der Waals surface area contributed by atoms with Gasteiger partial charge < -0.3 is 15.0 Å². The average molecular weight is 423 g/mol. The van der Waals surface area contributed by atoms with Crippen LogP contribution in [-0.2, 0) is 11.2 Å². The third-order valence-corrected chi connectivity index (χ3v) is 5.60. The fourth-order valence-electron chi connectivity index (χ4n) is 3.94. The lowest BCUT2D eigenvalue weighted by atomic mass is 10.0. The Kier molecular flexibility index (Phi) is 6.50. The molecule has 0 radical (unpaired) electrons. The fraction of sp³-hybridized carbons (Fsp3) is 0.333. The van der Waals surface area contributed by atoms with Gasteiger partial charge in [-0.2, -0.15) is 5.10 Å². The number of halogens is 1. The largest absolute Gasteiger partial charge is 0.497 e. The van der Waals surface area contributed by atoms with E-state index >= 15 is 0 Å². The van der Waals surface area contributed by atoms with Crippen LogP contribution in [0.1, 0.15) is 24.8 Å². The van der Waals surface area contributed by atoms with E-state index in [-0.39, 0.29) is 17.8 Å². The van der Waals surface area contributed by atoms with Gasteiger partial charge in [0, 0.05) is 31.6 Å². The number of amides is 1. The predicted molar refractivity (Wildman–Crippen MR) is 119 cm³/mol. The molecule has 0 saturated carbocycles. The maximum Gasteiger partial charge on any atom is 0.220 e. The standard InChI is InChI=1S/C24H27FN4O2/c1-31-21-6-2-4-17(14-21)7-12-24(30)26-20-5-3-13-29(16-20)23-15-22(27-28-23)18-8-10-19(25)11-9-18/h2,4,6,8-11,14-15,20H,3,5,7,12-13,16H2,1H3,(H,26,30)(H,27,28). The highest BCUT2D eigenvalue weighted by molar-refractivity contribution is 5.76. The van der Waals surface area contributed by atoms with Gasteiger partial charge in [0.1, 0.15) is 11.6 Å². The summed E-state index contributed by atoms with van der Waals surface area (Å²) in [5.41, 5.74) is 2.82. The molecule has 0 bridgehead atoms. The van der Waals surface area contributed by atoms with E-state index < -0.39 is 0 Å². The Morgan fingerprint density at radius 3 is 2.90 bits per heavy atom. The summed E-state index contributed by atoms with van der Waals surface area (Å²) < 4.78 is 18.4. The molecule has 7 heteroatoms. The van der Waals surface area contributed by atoms with Crippen molar-refractivity contribution in [2.75, 3.05) is 25.1 Å². The molecule has 1 saturated heterocycles. The van der Waals surface area contributed by atoms with Crippen LogP contribution in [0.4, 0.5) is 10.2 Å². The van der Waals surface area contributed by atoms with Crippen LogP contribution in [0.15, 0.2) is 54.6 Å². The van der Waals surface area contributed by atoms with Gasteiger partial charge in [0.2, 0.25) is 5.91 Å². The average Bonchev–Trinajstić information content (AvgIpc) is 3.29. The van der Waals surface area contributed by atoms with Gasteiger partial charge in [0.15, 0.2) is 5.82 Å². The molecule has 0 spiro atoms. The Balaban J connectivity index is 1.31. The molecule has 4 rings (SSSR count). The van der Waals surface area contributed by atoms with Gasteiger partial charge in [-0.3, -0.25) is 9.89 Å². The summed E-state index contributed by atoms with van der Waals surface area (Å²) in [6.07, 6.45) is 3.07. The number of methoxy groups -OCH3 is 1. The molecule has 3 aromatic rings. The van der Waals surface area contributed by atoms with Crippen molar-refractivity contribution >= 4 is 11.7 Å². The molecule has 1 fully saturated rings. The molecule has 1 unspecified atom stereocenters. The number of ether oxygens (including phenoxy) is 1. The van der Waals surface area contributed by atoms with Crippen LogP contribution in [0.2, 0.25) is 0 Å². The van der Waals surface area contributed by atoms with E-state index in [2.05, 4.69) is 20.4 Å². The second kappa shape index (κ2) is 9.64. The van der Waals surface area contributed by atoms with Gasteiger partial charge in [-0.1, -0.05) is 12.1 Å². The van der Waals surface area contributed by atoms with Crippen molar-refractivity contribution in [3.05, 3.63) is 66.0 Å². The summed E-state index contributed by atoms with van der Waals surface area (Å²) in [4.78, 5) is 14.7. The molecule has 1 aliphatic rings. The monoisotopic (exact) mass is 422 g/mol. The van der Waals surface area contributed by atoms with Crippen LogP contribution in [0, 0.1) is 5.82 Å². The van der Waals surface area contributed by atoms with Gasteiger partial charge >= 0.3 is 0 Å². The van der Waals surface area contributed by atoms with Crippen LogP contribution in [0.25, 0.3) is 11.3 Å².